The maximum absolute atomic E-state index is 13.2. The molecule has 1 aliphatic carbocycles. The Morgan fingerprint density at radius 3 is 2.23 bits per heavy atom. The minimum atomic E-state index is -0.278. The van der Waals surface area contributed by atoms with Crippen molar-refractivity contribution in [1.82, 2.24) is 4.90 Å². The molecule has 0 aromatic heterocycles. The summed E-state index contributed by atoms with van der Waals surface area (Å²) in [4.78, 5) is 16.5. The number of nitrogens with one attached hydrogen (secondary N) is 1. The van der Waals surface area contributed by atoms with Gasteiger partial charge in [0.05, 0.1) is 0 Å². The number of likely N-dealkylation sites (tertiary alicyclic amines) is 1. The minimum absolute atomic E-state index is 0.00611. The van der Waals surface area contributed by atoms with E-state index in [-0.39, 0.29) is 24.4 Å². The third kappa shape index (κ3) is 7.23. The molecule has 0 spiro atoms. The molecule has 0 atom stereocenters. The Morgan fingerprint density at radius 1 is 1.17 bits per heavy atom. The molecule has 1 aromatic rings. The molecular formula is C24H34FN3O2. The first-order valence-corrected chi connectivity index (χ1v) is 10.9. The molecule has 1 heterocycles. The van der Waals surface area contributed by atoms with E-state index in [4.69, 9.17) is 10.5 Å². The number of hydrogen-bond donors (Lipinski definition) is 2. The van der Waals surface area contributed by atoms with Crippen molar-refractivity contribution >= 4 is 17.3 Å². The molecule has 2 N–H and O–H groups in total. The lowest BCUT2D eigenvalue weighted by molar-refractivity contribution is -0.117. The number of aliphatic hydroxyl groups excluding tert-OH is 1. The highest BCUT2D eigenvalue weighted by Crippen LogP contribution is 2.28. The zero-order valence-electron chi connectivity index (χ0n) is 18.2. The summed E-state index contributed by atoms with van der Waals surface area (Å²) < 4.78 is 13.2. The van der Waals surface area contributed by atoms with E-state index in [1.54, 1.807) is 19.1 Å². The van der Waals surface area contributed by atoms with Crippen LogP contribution in [0.25, 0.3) is 0 Å². The number of anilines is 1. The maximum atomic E-state index is 13.2. The number of carbonyl (C=O) groups excluding carboxylic acids is 1. The fraction of sp³-hybridized carbons (Fsp3) is 0.583. The molecule has 6 heteroatoms. The van der Waals surface area contributed by atoms with Gasteiger partial charge in [-0.15, -0.1) is 5.92 Å². The minimum Gasteiger partial charge on any atom is -0.384 e. The molecule has 2 aliphatic rings. The first-order chi connectivity index (χ1) is 14.5. The van der Waals surface area contributed by atoms with Crippen LogP contribution in [0.5, 0.6) is 0 Å². The lowest BCUT2D eigenvalue weighted by atomic mass is 9.90. The van der Waals surface area contributed by atoms with Crippen LogP contribution in [-0.4, -0.2) is 53.4 Å². The maximum Gasteiger partial charge on any atom is 0.224 e. The predicted molar refractivity (Wildman–Crippen MR) is 119 cm³/mol. The van der Waals surface area contributed by atoms with E-state index in [1.807, 2.05) is 11.8 Å². The van der Waals surface area contributed by atoms with Crippen molar-refractivity contribution in [2.45, 2.75) is 70.9 Å². The smallest absolute Gasteiger partial charge is 0.224 e. The van der Waals surface area contributed by atoms with Gasteiger partial charge >= 0.3 is 0 Å². The number of amides is 1. The molecule has 0 radical (unpaired) electrons. The van der Waals surface area contributed by atoms with E-state index in [1.165, 1.54) is 12.1 Å². The average Bonchev–Trinajstić information content (AvgIpc) is 2.75. The van der Waals surface area contributed by atoms with Gasteiger partial charge in [0, 0.05) is 49.9 Å². The summed E-state index contributed by atoms with van der Waals surface area (Å²) in [6.45, 7) is 5.51. The molecule has 164 valence electrons. The highest BCUT2D eigenvalue weighted by molar-refractivity contribution is 5.92. The lowest BCUT2D eigenvalue weighted by Gasteiger charge is -2.42. The quantitative estimate of drug-likeness (QED) is 0.734. The summed E-state index contributed by atoms with van der Waals surface area (Å²) >= 11 is 0. The molecule has 1 amide bonds. The standard InChI is InChI=1S/C19H26FN3O.C5H8O/c1-14(24)23(18-6-2-15(20)3-7-18)19-10-12-22(13-11-19)17-8-4-16(21)5-9-17;1-2-3-4-5-6/h2-3,6-7,17,19,21H,4-5,8-13H2,1H3;6H,2,5H2,1H3. The summed E-state index contributed by atoms with van der Waals surface area (Å²) in [5, 5.41) is 15.8. The van der Waals surface area contributed by atoms with Crippen molar-refractivity contribution in [2.24, 2.45) is 0 Å². The molecule has 0 bridgehead atoms. The van der Waals surface area contributed by atoms with Crippen LogP contribution >= 0.6 is 0 Å². The van der Waals surface area contributed by atoms with Gasteiger partial charge in [0.2, 0.25) is 5.91 Å². The van der Waals surface area contributed by atoms with Gasteiger partial charge in [-0.3, -0.25) is 4.79 Å². The van der Waals surface area contributed by atoms with E-state index in [2.05, 4.69) is 16.7 Å². The van der Waals surface area contributed by atoms with Crippen LogP contribution in [-0.2, 0) is 4.79 Å². The van der Waals surface area contributed by atoms with Gasteiger partial charge in [0.1, 0.15) is 12.4 Å². The third-order valence-electron chi connectivity index (χ3n) is 5.76. The average molecular weight is 416 g/mol. The second-order valence-corrected chi connectivity index (χ2v) is 7.83. The molecule has 2 fully saturated rings. The number of piperidine rings is 1. The van der Waals surface area contributed by atoms with Crippen LogP contribution in [0, 0.1) is 23.1 Å². The fourth-order valence-electron chi connectivity index (χ4n) is 4.26. The number of carbonyl (C=O) groups is 1. The van der Waals surface area contributed by atoms with E-state index in [0.717, 1.165) is 69.4 Å². The molecule has 1 aliphatic heterocycles. The second kappa shape index (κ2) is 12.5. The largest absolute Gasteiger partial charge is 0.384 e. The van der Waals surface area contributed by atoms with Crippen LogP contribution < -0.4 is 4.90 Å². The summed E-state index contributed by atoms with van der Waals surface area (Å²) in [6.07, 6.45) is 6.78. The van der Waals surface area contributed by atoms with Gasteiger partial charge in [0.25, 0.3) is 0 Å². The van der Waals surface area contributed by atoms with Crippen molar-refractivity contribution in [3.8, 4) is 11.8 Å². The number of hydrogen-bond acceptors (Lipinski definition) is 4. The number of halogens is 1. The lowest BCUT2D eigenvalue weighted by Crippen LogP contribution is -2.50. The van der Waals surface area contributed by atoms with Crippen LogP contribution in [0.3, 0.4) is 0 Å². The van der Waals surface area contributed by atoms with Crippen LogP contribution in [0.15, 0.2) is 24.3 Å². The Balaban J connectivity index is 0.000000469. The Kier molecular flexibility index (Phi) is 9.99. The summed E-state index contributed by atoms with van der Waals surface area (Å²) in [5.74, 6) is 4.94. The van der Waals surface area contributed by atoms with Gasteiger partial charge in [-0.2, -0.15) is 0 Å². The zero-order valence-corrected chi connectivity index (χ0v) is 18.2. The summed E-state index contributed by atoms with van der Waals surface area (Å²) in [6, 6.07) is 6.99. The topological polar surface area (TPSA) is 67.6 Å². The predicted octanol–water partition coefficient (Wildman–Crippen LogP) is 4.00. The molecule has 5 nitrogen and oxygen atoms in total. The van der Waals surface area contributed by atoms with E-state index in [0.29, 0.717) is 6.04 Å². The Labute approximate surface area is 179 Å². The summed E-state index contributed by atoms with van der Waals surface area (Å²) in [7, 11) is 0. The second-order valence-electron chi connectivity index (χ2n) is 7.83. The van der Waals surface area contributed by atoms with Gasteiger partial charge in [-0.05, 0) is 62.8 Å². The van der Waals surface area contributed by atoms with E-state index >= 15 is 0 Å². The number of nitrogens with zero attached hydrogens (tertiary/aromatic N) is 2. The Hall–Kier alpha value is -2.23. The number of benzene rings is 1. The molecule has 3 rings (SSSR count). The van der Waals surface area contributed by atoms with Crippen LogP contribution in [0.4, 0.5) is 10.1 Å². The molecular weight excluding hydrogens is 381 g/mol. The van der Waals surface area contributed by atoms with Crippen molar-refractivity contribution in [1.29, 1.82) is 5.41 Å². The number of aliphatic hydroxyl groups is 1. The van der Waals surface area contributed by atoms with Crippen LogP contribution in [0.2, 0.25) is 0 Å². The Morgan fingerprint density at radius 2 is 1.77 bits per heavy atom. The van der Waals surface area contributed by atoms with Crippen molar-refractivity contribution in [3.05, 3.63) is 30.1 Å². The SMILES string of the molecule is CC(=O)N(c1ccc(F)cc1)C1CCN(C2CCC(=N)CC2)CC1.CCC#CCO. The first-order valence-electron chi connectivity index (χ1n) is 10.9. The Bertz CT molecular complexity index is 728. The zero-order chi connectivity index (χ0) is 21.9. The molecule has 1 saturated carbocycles. The third-order valence-corrected chi connectivity index (χ3v) is 5.76. The highest BCUT2D eigenvalue weighted by atomic mass is 19.1. The van der Waals surface area contributed by atoms with E-state index < -0.39 is 0 Å². The van der Waals surface area contributed by atoms with E-state index in [9.17, 15) is 9.18 Å². The summed E-state index contributed by atoms with van der Waals surface area (Å²) in [5.41, 5.74) is 1.67. The van der Waals surface area contributed by atoms with Crippen molar-refractivity contribution in [2.75, 3.05) is 24.6 Å². The van der Waals surface area contributed by atoms with Gasteiger partial charge in [-0.1, -0.05) is 12.8 Å². The fourth-order valence-corrected chi connectivity index (χ4v) is 4.26. The molecule has 1 saturated heterocycles. The molecule has 0 unspecified atom stereocenters. The van der Waals surface area contributed by atoms with Gasteiger partial charge in [0.15, 0.2) is 0 Å². The molecule has 1 aromatic carbocycles. The van der Waals surface area contributed by atoms with Crippen molar-refractivity contribution < 1.29 is 14.3 Å². The first kappa shape index (κ1) is 24.0. The van der Waals surface area contributed by atoms with Crippen LogP contribution in [0.1, 0.15) is 58.8 Å². The number of rotatable bonds is 3. The van der Waals surface area contributed by atoms with Gasteiger partial charge in [-0.25, -0.2) is 4.39 Å². The van der Waals surface area contributed by atoms with Gasteiger partial charge < -0.3 is 20.3 Å². The van der Waals surface area contributed by atoms with Crippen molar-refractivity contribution in [3.63, 3.8) is 0 Å². The molecule has 30 heavy (non-hydrogen) atoms. The normalized spacial score (nSPS) is 19.9. The highest BCUT2D eigenvalue weighted by Gasteiger charge is 2.31. The monoisotopic (exact) mass is 415 g/mol.